The Balaban J connectivity index is 1.08. The van der Waals surface area contributed by atoms with Crippen molar-refractivity contribution in [3.8, 4) is 0 Å². The van der Waals surface area contributed by atoms with E-state index in [1.807, 2.05) is 4.90 Å². The predicted molar refractivity (Wildman–Crippen MR) is 139 cm³/mol. The van der Waals surface area contributed by atoms with Gasteiger partial charge in [-0.3, -0.25) is 9.69 Å². The number of halogens is 1. The fraction of sp³-hybridized carbons (Fsp3) is 0.586. The Morgan fingerprint density at radius 3 is 2.97 bits per heavy atom. The molecular weight excluding hydrogens is 473 g/mol. The summed E-state index contributed by atoms with van der Waals surface area (Å²) in [6, 6.07) is 7.91. The molecule has 1 aromatic heterocycles. The first-order chi connectivity index (χ1) is 18.1. The first-order valence-electron chi connectivity index (χ1n) is 13.8. The molecule has 7 nitrogen and oxygen atoms in total. The highest BCUT2D eigenvalue weighted by Crippen LogP contribution is 2.37. The van der Waals surface area contributed by atoms with Crippen molar-refractivity contribution in [3.05, 3.63) is 58.5 Å². The summed E-state index contributed by atoms with van der Waals surface area (Å²) in [5.41, 5.74) is 3.76. The molecule has 0 aliphatic carbocycles. The SMILES string of the molecule is O=C(O)C(c1cc(F)ccc1C1CCCO1)N1CCC(OCCCCCc2ccc3c(n2)NCCC3)C1. The minimum atomic E-state index is -0.962. The molecule has 37 heavy (non-hydrogen) atoms. The Kier molecular flexibility index (Phi) is 8.69. The Morgan fingerprint density at radius 1 is 1.22 bits per heavy atom. The molecule has 0 amide bonds. The van der Waals surface area contributed by atoms with Gasteiger partial charge in [-0.05, 0) is 86.3 Å². The van der Waals surface area contributed by atoms with Crippen LogP contribution in [0.5, 0.6) is 0 Å². The minimum absolute atomic E-state index is 0.00465. The third-order valence-electron chi connectivity index (χ3n) is 7.78. The second kappa shape index (κ2) is 12.3. The maximum Gasteiger partial charge on any atom is 0.325 e. The number of carbonyl (C=O) groups is 1. The summed E-state index contributed by atoms with van der Waals surface area (Å²) in [5.74, 6) is -0.327. The molecule has 2 aromatic rings. The van der Waals surface area contributed by atoms with Gasteiger partial charge in [0.1, 0.15) is 17.7 Å². The molecule has 4 heterocycles. The molecule has 200 valence electrons. The summed E-state index contributed by atoms with van der Waals surface area (Å²) < 4.78 is 26.1. The number of nitrogens with one attached hydrogen (secondary N) is 1. The van der Waals surface area contributed by atoms with E-state index in [0.29, 0.717) is 31.9 Å². The molecule has 0 radical (unpaired) electrons. The van der Waals surface area contributed by atoms with Crippen LogP contribution in [0.4, 0.5) is 10.2 Å². The van der Waals surface area contributed by atoms with Gasteiger partial charge < -0.3 is 19.9 Å². The van der Waals surface area contributed by atoms with Gasteiger partial charge in [-0.25, -0.2) is 9.37 Å². The molecule has 2 N–H and O–H groups in total. The van der Waals surface area contributed by atoms with Crippen molar-refractivity contribution in [2.75, 3.05) is 38.2 Å². The first-order valence-corrected chi connectivity index (χ1v) is 13.8. The van der Waals surface area contributed by atoms with Crippen molar-refractivity contribution >= 4 is 11.8 Å². The van der Waals surface area contributed by atoms with Crippen LogP contribution in [0.3, 0.4) is 0 Å². The minimum Gasteiger partial charge on any atom is -0.480 e. The van der Waals surface area contributed by atoms with Crippen LogP contribution < -0.4 is 5.32 Å². The molecule has 5 rings (SSSR count). The largest absolute Gasteiger partial charge is 0.480 e. The van der Waals surface area contributed by atoms with Crippen molar-refractivity contribution < 1.29 is 23.8 Å². The van der Waals surface area contributed by atoms with Gasteiger partial charge in [-0.15, -0.1) is 0 Å². The number of hydrogen-bond donors (Lipinski definition) is 2. The number of likely N-dealkylation sites (tertiary alicyclic amines) is 1. The highest BCUT2D eigenvalue weighted by Gasteiger charge is 2.37. The number of aryl methyl sites for hydroxylation is 2. The van der Waals surface area contributed by atoms with E-state index in [0.717, 1.165) is 75.0 Å². The van der Waals surface area contributed by atoms with E-state index in [1.54, 1.807) is 6.07 Å². The monoisotopic (exact) mass is 511 g/mol. The second-order valence-electron chi connectivity index (χ2n) is 10.4. The number of anilines is 1. The maximum absolute atomic E-state index is 14.2. The molecule has 3 aliphatic heterocycles. The van der Waals surface area contributed by atoms with Crippen molar-refractivity contribution in [3.63, 3.8) is 0 Å². The standard InChI is InChI=1S/C29H38FN3O4/c30-21-10-12-24(26-8-5-17-37-26)25(18-21)27(29(34)35)33-15-13-23(19-33)36-16-3-1-2-7-22-11-9-20-6-4-14-31-28(20)32-22/h9-12,18,23,26-27H,1-8,13-17,19H2,(H,31,32)(H,34,35). The number of aromatic nitrogens is 1. The molecule has 2 saturated heterocycles. The third-order valence-corrected chi connectivity index (χ3v) is 7.78. The molecule has 3 aliphatic rings. The van der Waals surface area contributed by atoms with E-state index in [2.05, 4.69) is 17.4 Å². The van der Waals surface area contributed by atoms with E-state index in [9.17, 15) is 14.3 Å². The molecule has 0 bridgehead atoms. The molecule has 1 aromatic carbocycles. The van der Waals surface area contributed by atoms with Crippen LogP contribution in [0.25, 0.3) is 0 Å². The van der Waals surface area contributed by atoms with Crippen LogP contribution in [0.1, 0.15) is 79.5 Å². The van der Waals surface area contributed by atoms with Crippen LogP contribution in [-0.2, 0) is 27.1 Å². The number of pyridine rings is 1. The maximum atomic E-state index is 14.2. The van der Waals surface area contributed by atoms with E-state index in [-0.39, 0.29) is 12.2 Å². The van der Waals surface area contributed by atoms with Gasteiger partial charge in [-0.2, -0.15) is 0 Å². The molecule has 2 fully saturated rings. The van der Waals surface area contributed by atoms with Crippen molar-refractivity contribution in [2.45, 2.75) is 76.0 Å². The smallest absolute Gasteiger partial charge is 0.325 e. The summed E-state index contributed by atoms with van der Waals surface area (Å²) >= 11 is 0. The van der Waals surface area contributed by atoms with Gasteiger partial charge in [0.15, 0.2) is 0 Å². The summed E-state index contributed by atoms with van der Waals surface area (Å²) in [4.78, 5) is 19.0. The predicted octanol–water partition coefficient (Wildman–Crippen LogP) is 5.06. The summed E-state index contributed by atoms with van der Waals surface area (Å²) in [7, 11) is 0. The van der Waals surface area contributed by atoms with Gasteiger partial charge in [0.2, 0.25) is 0 Å². The van der Waals surface area contributed by atoms with Crippen LogP contribution in [0.2, 0.25) is 0 Å². The fourth-order valence-electron chi connectivity index (χ4n) is 5.85. The number of aliphatic carboxylic acids is 1. The number of benzene rings is 1. The lowest BCUT2D eigenvalue weighted by Crippen LogP contribution is -2.34. The number of rotatable bonds is 11. The van der Waals surface area contributed by atoms with Crippen molar-refractivity contribution in [1.29, 1.82) is 0 Å². The second-order valence-corrected chi connectivity index (χ2v) is 10.4. The van der Waals surface area contributed by atoms with E-state index in [4.69, 9.17) is 14.5 Å². The van der Waals surface area contributed by atoms with Crippen LogP contribution in [-0.4, -0.2) is 59.9 Å². The topological polar surface area (TPSA) is 83.9 Å². The molecule has 3 unspecified atom stereocenters. The normalized spacial score (nSPS) is 22.5. The summed E-state index contributed by atoms with van der Waals surface area (Å²) in [5, 5.41) is 13.5. The lowest BCUT2D eigenvalue weighted by molar-refractivity contribution is -0.143. The number of carboxylic acid groups (broad SMARTS) is 1. The van der Waals surface area contributed by atoms with Crippen LogP contribution in [0, 0.1) is 5.82 Å². The van der Waals surface area contributed by atoms with Crippen molar-refractivity contribution in [1.82, 2.24) is 9.88 Å². The number of nitrogens with zero attached hydrogens (tertiary/aromatic N) is 2. The Morgan fingerprint density at radius 2 is 2.14 bits per heavy atom. The Bertz CT molecular complexity index is 1080. The molecule has 0 saturated carbocycles. The zero-order valence-electron chi connectivity index (χ0n) is 21.5. The lowest BCUT2D eigenvalue weighted by Gasteiger charge is -2.28. The zero-order valence-corrected chi connectivity index (χ0v) is 21.5. The third kappa shape index (κ3) is 6.48. The quantitative estimate of drug-likeness (QED) is 0.408. The van der Waals surface area contributed by atoms with Gasteiger partial charge in [0.25, 0.3) is 0 Å². The number of carboxylic acids is 1. The van der Waals surface area contributed by atoms with Gasteiger partial charge >= 0.3 is 5.97 Å². The fourth-order valence-corrected chi connectivity index (χ4v) is 5.85. The molecular formula is C29H38FN3O4. The highest BCUT2D eigenvalue weighted by atomic mass is 19.1. The summed E-state index contributed by atoms with van der Waals surface area (Å²) in [6.07, 6.45) is 8.71. The van der Waals surface area contributed by atoms with Crippen molar-refractivity contribution in [2.24, 2.45) is 0 Å². The highest BCUT2D eigenvalue weighted by molar-refractivity contribution is 5.76. The van der Waals surface area contributed by atoms with Gasteiger partial charge in [-0.1, -0.05) is 18.6 Å². The van der Waals surface area contributed by atoms with E-state index in [1.165, 1.54) is 24.1 Å². The lowest BCUT2D eigenvalue weighted by atomic mass is 9.94. The van der Waals surface area contributed by atoms with Crippen LogP contribution >= 0.6 is 0 Å². The van der Waals surface area contributed by atoms with Gasteiger partial charge in [0.05, 0.1) is 12.2 Å². The Labute approximate surface area is 218 Å². The average Bonchev–Trinajstić information content (AvgIpc) is 3.59. The number of hydrogen-bond acceptors (Lipinski definition) is 6. The number of unbranched alkanes of at least 4 members (excludes halogenated alkanes) is 2. The first kappa shape index (κ1) is 26.1. The van der Waals surface area contributed by atoms with Crippen LogP contribution in [0.15, 0.2) is 30.3 Å². The van der Waals surface area contributed by atoms with E-state index >= 15 is 0 Å². The average molecular weight is 512 g/mol. The molecule has 8 heteroatoms. The number of ether oxygens (including phenoxy) is 2. The molecule has 0 spiro atoms. The molecule has 3 atom stereocenters. The number of fused-ring (bicyclic) bond motifs is 1. The van der Waals surface area contributed by atoms with E-state index < -0.39 is 17.8 Å². The zero-order chi connectivity index (χ0) is 25.6. The summed E-state index contributed by atoms with van der Waals surface area (Å²) in [6.45, 7) is 3.47. The Hall–Kier alpha value is -2.55. The van der Waals surface area contributed by atoms with Gasteiger partial charge in [0, 0.05) is 38.5 Å².